The fourth-order valence-electron chi connectivity index (χ4n) is 4.19. The number of hydrogen-bond donors (Lipinski definition) is 2. The van der Waals surface area contributed by atoms with E-state index in [-0.39, 0.29) is 23.7 Å². The summed E-state index contributed by atoms with van der Waals surface area (Å²) >= 11 is 0. The summed E-state index contributed by atoms with van der Waals surface area (Å²) in [5.41, 5.74) is 5.70. The van der Waals surface area contributed by atoms with Gasteiger partial charge in [-0.3, -0.25) is 4.79 Å². The highest BCUT2D eigenvalue weighted by molar-refractivity contribution is 5.94. The SMILES string of the molecule is Cc1cc(C)nc(-n2nc(C)c(CC(=O)Nc3ccc4nc(-c5cc(F)ccc5F)[nH]c4c3)c2C)n1. The number of amides is 1. The normalized spacial score (nSPS) is 11.3. The minimum atomic E-state index is -0.582. The standard InChI is InChI=1S/C26H23F2N7O/c1-13-9-14(2)30-26(29-13)35-16(4)19(15(3)34-35)12-24(36)31-18-6-8-22-23(11-18)33-25(32-22)20-10-17(27)5-7-21(20)28/h5-11H,12H2,1-4H3,(H,31,36)(H,32,33). The highest BCUT2D eigenvalue weighted by atomic mass is 19.1. The van der Waals surface area contributed by atoms with E-state index < -0.39 is 11.6 Å². The Hall–Kier alpha value is -4.47. The van der Waals surface area contributed by atoms with Crippen molar-refractivity contribution in [1.82, 2.24) is 29.7 Å². The molecule has 0 aliphatic carbocycles. The number of aromatic amines is 1. The molecule has 3 aromatic heterocycles. The third-order valence-electron chi connectivity index (χ3n) is 5.89. The summed E-state index contributed by atoms with van der Waals surface area (Å²) in [5, 5.41) is 7.43. The molecular weight excluding hydrogens is 464 g/mol. The van der Waals surface area contributed by atoms with E-state index in [1.165, 1.54) is 0 Å². The van der Waals surface area contributed by atoms with Crippen LogP contribution >= 0.6 is 0 Å². The maximum absolute atomic E-state index is 14.2. The highest BCUT2D eigenvalue weighted by Gasteiger charge is 2.18. The maximum Gasteiger partial charge on any atom is 0.251 e. The summed E-state index contributed by atoms with van der Waals surface area (Å²) in [6.07, 6.45) is 0.114. The van der Waals surface area contributed by atoms with Crippen LogP contribution in [0.4, 0.5) is 14.5 Å². The second-order valence-electron chi connectivity index (χ2n) is 8.68. The van der Waals surface area contributed by atoms with Crippen molar-refractivity contribution < 1.29 is 13.6 Å². The summed E-state index contributed by atoms with van der Waals surface area (Å²) in [4.78, 5) is 29.2. The highest BCUT2D eigenvalue weighted by Crippen LogP contribution is 2.26. The lowest BCUT2D eigenvalue weighted by molar-refractivity contribution is -0.115. The van der Waals surface area contributed by atoms with Crippen LogP contribution in [0.25, 0.3) is 28.4 Å². The zero-order valence-corrected chi connectivity index (χ0v) is 20.1. The first-order chi connectivity index (χ1) is 17.2. The van der Waals surface area contributed by atoms with Crippen molar-refractivity contribution in [3.05, 3.63) is 82.4 Å². The van der Waals surface area contributed by atoms with Crippen molar-refractivity contribution in [2.45, 2.75) is 34.1 Å². The van der Waals surface area contributed by atoms with Crippen molar-refractivity contribution in [1.29, 1.82) is 0 Å². The van der Waals surface area contributed by atoms with Crippen LogP contribution in [0.2, 0.25) is 0 Å². The number of carbonyl (C=O) groups is 1. The van der Waals surface area contributed by atoms with E-state index in [1.807, 2.05) is 33.8 Å². The summed E-state index contributed by atoms with van der Waals surface area (Å²) in [6.45, 7) is 7.52. The molecule has 0 bridgehead atoms. The Labute approximate surface area is 205 Å². The Morgan fingerprint density at radius 2 is 1.72 bits per heavy atom. The number of anilines is 1. The first kappa shape index (κ1) is 23.3. The zero-order chi connectivity index (χ0) is 25.6. The molecule has 0 aliphatic heterocycles. The van der Waals surface area contributed by atoms with Gasteiger partial charge < -0.3 is 10.3 Å². The monoisotopic (exact) mass is 487 g/mol. The van der Waals surface area contributed by atoms with E-state index in [0.29, 0.717) is 22.7 Å². The number of halogens is 2. The second-order valence-corrected chi connectivity index (χ2v) is 8.68. The zero-order valence-electron chi connectivity index (χ0n) is 20.1. The van der Waals surface area contributed by atoms with Crippen LogP contribution in [0.15, 0.2) is 42.5 Å². The van der Waals surface area contributed by atoms with Crippen LogP contribution in [0.1, 0.15) is 28.3 Å². The number of rotatable bonds is 5. The van der Waals surface area contributed by atoms with Crippen molar-refractivity contribution >= 4 is 22.6 Å². The third-order valence-corrected chi connectivity index (χ3v) is 5.89. The number of fused-ring (bicyclic) bond motifs is 1. The van der Waals surface area contributed by atoms with Gasteiger partial charge in [0.2, 0.25) is 5.91 Å². The first-order valence-corrected chi connectivity index (χ1v) is 11.3. The average molecular weight is 488 g/mol. The largest absolute Gasteiger partial charge is 0.338 e. The number of aryl methyl sites for hydroxylation is 3. The van der Waals surface area contributed by atoms with Gasteiger partial charge in [-0.25, -0.2) is 28.4 Å². The number of aromatic nitrogens is 6. The smallest absolute Gasteiger partial charge is 0.251 e. The molecule has 8 nitrogen and oxygen atoms in total. The van der Waals surface area contributed by atoms with Crippen LogP contribution in [0.5, 0.6) is 0 Å². The molecule has 2 aromatic carbocycles. The number of nitrogens with zero attached hydrogens (tertiary/aromatic N) is 5. The predicted octanol–water partition coefficient (Wildman–Crippen LogP) is 4.90. The maximum atomic E-state index is 14.2. The quantitative estimate of drug-likeness (QED) is 0.367. The number of nitrogens with one attached hydrogen (secondary N) is 2. The lowest BCUT2D eigenvalue weighted by atomic mass is 10.1. The van der Waals surface area contributed by atoms with Gasteiger partial charge in [0.05, 0.1) is 28.7 Å². The molecule has 36 heavy (non-hydrogen) atoms. The fraction of sp³-hybridized carbons (Fsp3) is 0.192. The fourth-order valence-corrected chi connectivity index (χ4v) is 4.19. The van der Waals surface area contributed by atoms with E-state index >= 15 is 0 Å². The summed E-state index contributed by atoms with van der Waals surface area (Å²) < 4.78 is 29.4. The van der Waals surface area contributed by atoms with Gasteiger partial charge >= 0.3 is 0 Å². The molecule has 0 saturated heterocycles. The summed E-state index contributed by atoms with van der Waals surface area (Å²) in [7, 11) is 0. The van der Waals surface area contributed by atoms with Crippen LogP contribution in [0.3, 0.4) is 0 Å². The number of imidazole rings is 1. The molecule has 5 rings (SSSR count). The van der Waals surface area contributed by atoms with E-state index in [1.54, 1.807) is 22.9 Å². The molecule has 0 atom stereocenters. The minimum Gasteiger partial charge on any atom is -0.338 e. The number of carbonyl (C=O) groups excluding carboxylic acids is 1. The number of hydrogen-bond acceptors (Lipinski definition) is 5. The summed E-state index contributed by atoms with van der Waals surface area (Å²) in [6, 6.07) is 10.2. The van der Waals surface area contributed by atoms with Gasteiger partial charge in [0.25, 0.3) is 5.95 Å². The van der Waals surface area contributed by atoms with Gasteiger partial charge in [0.1, 0.15) is 17.5 Å². The minimum absolute atomic E-state index is 0.0348. The molecule has 182 valence electrons. The van der Waals surface area contributed by atoms with Gasteiger partial charge in [0.15, 0.2) is 0 Å². The molecule has 1 amide bonds. The Morgan fingerprint density at radius 1 is 0.972 bits per heavy atom. The van der Waals surface area contributed by atoms with E-state index in [9.17, 15) is 13.6 Å². The van der Waals surface area contributed by atoms with E-state index in [2.05, 4.69) is 30.4 Å². The Balaban J connectivity index is 1.37. The molecular formula is C26H23F2N7O. The second kappa shape index (κ2) is 8.95. The van der Waals surface area contributed by atoms with Crippen molar-refractivity contribution in [3.8, 4) is 17.3 Å². The Morgan fingerprint density at radius 3 is 2.47 bits per heavy atom. The molecule has 0 radical (unpaired) electrons. The molecule has 3 heterocycles. The van der Waals surface area contributed by atoms with Gasteiger partial charge in [-0.2, -0.15) is 5.10 Å². The number of benzene rings is 2. The lowest BCUT2D eigenvalue weighted by Gasteiger charge is -2.07. The molecule has 0 unspecified atom stereocenters. The molecule has 0 fully saturated rings. The molecule has 0 aliphatic rings. The molecule has 0 spiro atoms. The topological polar surface area (TPSA) is 101 Å². The van der Waals surface area contributed by atoms with Gasteiger partial charge in [0, 0.05) is 28.3 Å². The lowest BCUT2D eigenvalue weighted by Crippen LogP contribution is -2.15. The van der Waals surface area contributed by atoms with Gasteiger partial charge in [-0.1, -0.05) is 0 Å². The van der Waals surface area contributed by atoms with Crippen LogP contribution in [-0.2, 0) is 11.2 Å². The third kappa shape index (κ3) is 4.45. The first-order valence-electron chi connectivity index (χ1n) is 11.3. The van der Waals surface area contributed by atoms with E-state index in [4.69, 9.17) is 0 Å². The van der Waals surface area contributed by atoms with Crippen molar-refractivity contribution in [2.24, 2.45) is 0 Å². The number of H-pyrrole nitrogens is 1. The average Bonchev–Trinajstić information content (AvgIpc) is 3.36. The van der Waals surface area contributed by atoms with Crippen molar-refractivity contribution in [3.63, 3.8) is 0 Å². The van der Waals surface area contributed by atoms with Crippen LogP contribution < -0.4 is 5.32 Å². The predicted molar refractivity (Wildman–Crippen MR) is 132 cm³/mol. The molecule has 10 heteroatoms. The molecule has 0 saturated carbocycles. The molecule has 5 aromatic rings. The van der Waals surface area contributed by atoms with Gasteiger partial charge in [-0.15, -0.1) is 0 Å². The van der Waals surface area contributed by atoms with Gasteiger partial charge in [-0.05, 0) is 70.2 Å². The Kier molecular flexibility index (Phi) is 5.79. The Bertz CT molecular complexity index is 1620. The summed E-state index contributed by atoms with van der Waals surface area (Å²) in [5.74, 6) is -0.690. The molecule has 2 N–H and O–H groups in total. The van der Waals surface area contributed by atoms with Crippen LogP contribution in [-0.4, -0.2) is 35.6 Å². The van der Waals surface area contributed by atoms with E-state index in [0.717, 1.165) is 46.5 Å². The van der Waals surface area contributed by atoms with Crippen molar-refractivity contribution in [2.75, 3.05) is 5.32 Å². The van der Waals surface area contributed by atoms with Crippen LogP contribution in [0, 0.1) is 39.3 Å².